The average molecular weight is 384 g/mol. The molecule has 0 radical (unpaired) electrons. The third kappa shape index (κ3) is 4.19. The van der Waals surface area contributed by atoms with Crippen LogP contribution >= 0.6 is 0 Å². The predicted molar refractivity (Wildman–Crippen MR) is 114 cm³/mol. The van der Waals surface area contributed by atoms with Gasteiger partial charge in [0.15, 0.2) is 0 Å². The van der Waals surface area contributed by atoms with Gasteiger partial charge in [0.25, 0.3) is 5.91 Å². The van der Waals surface area contributed by atoms with Crippen molar-refractivity contribution in [1.29, 1.82) is 0 Å². The molecule has 0 saturated heterocycles. The number of nitrogens with one attached hydrogen (secondary N) is 2. The number of fused-ring (bicyclic) bond motifs is 1. The van der Waals surface area contributed by atoms with Crippen LogP contribution in [0.5, 0.6) is 0 Å². The fourth-order valence-corrected chi connectivity index (χ4v) is 3.23. The van der Waals surface area contributed by atoms with Gasteiger partial charge in [0.1, 0.15) is 11.3 Å². The largest absolute Gasteiger partial charge is 0.449 e. The van der Waals surface area contributed by atoms with Gasteiger partial charge >= 0.3 is 0 Å². The Morgan fingerprint density at radius 1 is 0.862 bits per heavy atom. The monoisotopic (exact) mass is 384 g/mol. The maximum Gasteiger partial charge on any atom is 0.293 e. The third-order valence-electron chi connectivity index (χ3n) is 4.54. The second-order valence-electron chi connectivity index (χ2n) is 6.84. The van der Waals surface area contributed by atoms with Crippen molar-refractivity contribution >= 4 is 34.2 Å². The van der Waals surface area contributed by atoms with Crippen LogP contribution in [0.2, 0.25) is 0 Å². The van der Waals surface area contributed by atoms with E-state index in [-0.39, 0.29) is 18.1 Å². The molecule has 4 rings (SSSR count). The lowest BCUT2D eigenvalue weighted by atomic mass is 10.1. The zero-order valence-corrected chi connectivity index (χ0v) is 15.9. The van der Waals surface area contributed by atoms with Gasteiger partial charge in [-0.25, -0.2) is 0 Å². The van der Waals surface area contributed by atoms with E-state index in [0.29, 0.717) is 22.3 Å². The van der Waals surface area contributed by atoms with Crippen LogP contribution in [-0.2, 0) is 11.2 Å². The fraction of sp³-hybridized carbons (Fsp3) is 0.0833. The Bertz CT molecular complexity index is 1180. The number of rotatable bonds is 5. The molecule has 5 nitrogen and oxygen atoms in total. The maximum atomic E-state index is 12.8. The van der Waals surface area contributed by atoms with Crippen molar-refractivity contribution in [2.45, 2.75) is 13.3 Å². The SMILES string of the molecule is Cc1cccc(CC(=O)Nc2c(C(=O)Nc3ccccc3)oc3ccccc23)c1. The molecular weight excluding hydrogens is 364 g/mol. The molecule has 0 aliphatic rings. The summed E-state index contributed by atoms with van der Waals surface area (Å²) in [6, 6.07) is 24.1. The molecule has 0 fully saturated rings. The molecule has 29 heavy (non-hydrogen) atoms. The smallest absolute Gasteiger partial charge is 0.293 e. The number of anilines is 2. The van der Waals surface area contributed by atoms with E-state index in [4.69, 9.17) is 4.42 Å². The molecule has 3 aromatic carbocycles. The highest BCUT2D eigenvalue weighted by molar-refractivity contribution is 6.14. The number of hydrogen-bond acceptors (Lipinski definition) is 3. The number of hydrogen-bond donors (Lipinski definition) is 2. The van der Waals surface area contributed by atoms with Crippen molar-refractivity contribution in [2.75, 3.05) is 10.6 Å². The Balaban J connectivity index is 1.63. The molecular formula is C24H20N2O3. The molecule has 1 aromatic heterocycles. The van der Waals surface area contributed by atoms with E-state index in [1.165, 1.54) is 0 Å². The number of carbonyl (C=O) groups excluding carboxylic acids is 2. The third-order valence-corrected chi connectivity index (χ3v) is 4.54. The Morgan fingerprint density at radius 3 is 2.41 bits per heavy atom. The minimum Gasteiger partial charge on any atom is -0.449 e. The summed E-state index contributed by atoms with van der Waals surface area (Å²) in [6.45, 7) is 1.98. The Kier molecular flexibility index (Phi) is 5.12. The highest BCUT2D eigenvalue weighted by Crippen LogP contribution is 2.31. The summed E-state index contributed by atoms with van der Waals surface area (Å²) < 4.78 is 5.78. The second-order valence-corrected chi connectivity index (χ2v) is 6.84. The van der Waals surface area contributed by atoms with Crippen molar-refractivity contribution in [3.63, 3.8) is 0 Å². The van der Waals surface area contributed by atoms with Crippen molar-refractivity contribution in [3.8, 4) is 0 Å². The topological polar surface area (TPSA) is 71.3 Å². The van der Waals surface area contributed by atoms with Crippen LogP contribution < -0.4 is 10.6 Å². The zero-order valence-electron chi connectivity index (χ0n) is 15.9. The summed E-state index contributed by atoms with van der Waals surface area (Å²) in [5.41, 5.74) is 3.57. The van der Waals surface area contributed by atoms with Crippen LogP contribution in [0.25, 0.3) is 11.0 Å². The van der Waals surface area contributed by atoms with E-state index >= 15 is 0 Å². The summed E-state index contributed by atoms with van der Waals surface area (Å²) in [5, 5.41) is 6.36. The molecule has 5 heteroatoms. The van der Waals surface area contributed by atoms with E-state index in [1.54, 1.807) is 18.2 Å². The van der Waals surface area contributed by atoms with Crippen LogP contribution in [0.3, 0.4) is 0 Å². The van der Waals surface area contributed by atoms with Gasteiger partial charge < -0.3 is 15.1 Å². The molecule has 0 aliphatic heterocycles. The first-order valence-corrected chi connectivity index (χ1v) is 9.33. The summed E-state index contributed by atoms with van der Waals surface area (Å²) in [7, 11) is 0. The van der Waals surface area contributed by atoms with Gasteiger partial charge in [-0.05, 0) is 36.8 Å². The Morgan fingerprint density at radius 2 is 1.62 bits per heavy atom. The molecule has 144 valence electrons. The van der Waals surface area contributed by atoms with Gasteiger partial charge in [0.2, 0.25) is 11.7 Å². The molecule has 0 saturated carbocycles. The average Bonchev–Trinajstić information content (AvgIpc) is 3.07. The lowest BCUT2D eigenvalue weighted by molar-refractivity contribution is -0.115. The van der Waals surface area contributed by atoms with Gasteiger partial charge in [-0.15, -0.1) is 0 Å². The number of furan rings is 1. The molecule has 2 amide bonds. The Hall–Kier alpha value is -3.86. The van der Waals surface area contributed by atoms with Crippen LogP contribution in [0.15, 0.2) is 83.3 Å². The molecule has 0 aliphatic carbocycles. The van der Waals surface area contributed by atoms with Crippen LogP contribution in [0, 0.1) is 6.92 Å². The number of aryl methyl sites for hydroxylation is 1. The van der Waals surface area contributed by atoms with Gasteiger partial charge in [-0.3, -0.25) is 9.59 Å². The van der Waals surface area contributed by atoms with E-state index in [2.05, 4.69) is 10.6 Å². The number of amides is 2. The number of carbonyl (C=O) groups is 2. The van der Waals surface area contributed by atoms with Crippen molar-refractivity contribution in [1.82, 2.24) is 0 Å². The summed E-state index contributed by atoms with van der Waals surface area (Å²) >= 11 is 0. The quantitative estimate of drug-likeness (QED) is 0.498. The van der Waals surface area contributed by atoms with Crippen LogP contribution in [-0.4, -0.2) is 11.8 Å². The van der Waals surface area contributed by atoms with Crippen LogP contribution in [0.4, 0.5) is 11.4 Å². The molecule has 0 unspecified atom stereocenters. The van der Waals surface area contributed by atoms with Crippen molar-refractivity contribution in [3.05, 3.63) is 95.7 Å². The van der Waals surface area contributed by atoms with Gasteiger partial charge in [0, 0.05) is 11.1 Å². The van der Waals surface area contributed by atoms with Crippen molar-refractivity contribution < 1.29 is 14.0 Å². The maximum absolute atomic E-state index is 12.8. The second kappa shape index (κ2) is 8.02. The molecule has 2 N–H and O–H groups in total. The standard InChI is InChI=1S/C24H20N2O3/c1-16-8-7-9-17(14-16)15-21(27)26-22-19-12-5-6-13-20(19)29-23(22)24(28)25-18-10-3-2-4-11-18/h2-14H,15H2,1H3,(H,25,28)(H,26,27). The molecule has 0 spiro atoms. The van der Waals surface area contributed by atoms with Crippen LogP contribution in [0.1, 0.15) is 21.7 Å². The lowest BCUT2D eigenvalue weighted by Gasteiger charge is -2.08. The lowest BCUT2D eigenvalue weighted by Crippen LogP contribution is -2.18. The zero-order chi connectivity index (χ0) is 20.2. The molecule has 0 atom stereocenters. The summed E-state index contributed by atoms with van der Waals surface area (Å²) in [4.78, 5) is 25.5. The summed E-state index contributed by atoms with van der Waals surface area (Å²) in [6.07, 6.45) is 0.209. The fourth-order valence-electron chi connectivity index (χ4n) is 3.23. The first-order chi connectivity index (χ1) is 14.1. The number of para-hydroxylation sites is 2. The number of benzene rings is 3. The van der Waals surface area contributed by atoms with E-state index in [1.807, 2.05) is 67.6 Å². The first kappa shape index (κ1) is 18.5. The molecule has 0 bridgehead atoms. The summed E-state index contributed by atoms with van der Waals surface area (Å²) in [5.74, 6) is -0.554. The van der Waals surface area contributed by atoms with E-state index in [0.717, 1.165) is 11.1 Å². The minimum absolute atomic E-state index is 0.0765. The highest BCUT2D eigenvalue weighted by Gasteiger charge is 2.22. The van der Waals surface area contributed by atoms with Gasteiger partial charge in [-0.1, -0.05) is 60.2 Å². The van der Waals surface area contributed by atoms with Gasteiger partial charge in [-0.2, -0.15) is 0 Å². The van der Waals surface area contributed by atoms with Gasteiger partial charge in [0.05, 0.1) is 6.42 Å². The van der Waals surface area contributed by atoms with E-state index < -0.39 is 5.91 Å². The molecule has 1 heterocycles. The highest BCUT2D eigenvalue weighted by atomic mass is 16.3. The molecule has 4 aromatic rings. The first-order valence-electron chi connectivity index (χ1n) is 9.33. The Labute approximate surface area is 168 Å². The minimum atomic E-state index is -0.418. The van der Waals surface area contributed by atoms with Crippen molar-refractivity contribution in [2.24, 2.45) is 0 Å². The van der Waals surface area contributed by atoms with E-state index in [9.17, 15) is 9.59 Å². The normalized spacial score (nSPS) is 10.7. The predicted octanol–water partition coefficient (Wildman–Crippen LogP) is 5.17.